The SMILES string of the molecule is CC(OC(=O)c1ccc2nc(Cl)ccc2c1)C(=O)NC(=O)NC1CC1. The molecule has 8 heteroatoms. The molecule has 1 fully saturated rings. The molecule has 3 rings (SSSR count). The Morgan fingerprint density at radius 1 is 1.24 bits per heavy atom. The van der Waals surface area contributed by atoms with E-state index in [0.29, 0.717) is 10.7 Å². The van der Waals surface area contributed by atoms with Crippen LogP contribution in [-0.4, -0.2) is 35.0 Å². The van der Waals surface area contributed by atoms with Crippen molar-refractivity contribution in [3.8, 4) is 0 Å². The van der Waals surface area contributed by atoms with E-state index in [0.717, 1.165) is 18.2 Å². The smallest absolute Gasteiger partial charge is 0.338 e. The molecule has 0 spiro atoms. The summed E-state index contributed by atoms with van der Waals surface area (Å²) < 4.78 is 5.11. The molecule has 0 bridgehead atoms. The van der Waals surface area contributed by atoms with Crippen LogP contribution in [0.1, 0.15) is 30.1 Å². The van der Waals surface area contributed by atoms with Gasteiger partial charge in [0.2, 0.25) is 0 Å². The Morgan fingerprint density at radius 2 is 2.00 bits per heavy atom. The summed E-state index contributed by atoms with van der Waals surface area (Å²) in [5, 5.41) is 5.85. The van der Waals surface area contributed by atoms with Crippen LogP contribution in [0.25, 0.3) is 10.9 Å². The zero-order valence-corrected chi connectivity index (χ0v) is 14.2. The van der Waals surface area contributed by atoms with Gasteiger partial charge in [0.25, 0.3) is 5.91 Å². The minimum atomic E-state index is -1.10. The maximum atomic E-state index is 12.2. The number of aromatic nitrogens is 1. The number of fused-ring (bicyclic) bond motifs is 1. The van der Waals surface area contributed by atoms with Crippen LogP contribution >= 0.6 is 11.6 Å². The number of benzene rings is 1. The zero-order chi connectivity index (χ0) is 18.0. The van der Waals surface area contributed by atoms with E-state index < -0.39 is 24.0 Å². The van der Waals surface area contributed by atoms with E-state index >= 15 is 0 Å². The number of urea groups is 1. The third-order valence-electron chi connectivity index (χ3n) is 3.69. The van der Waals surface area contributed by atoms with Gasteiger partial charge in [-0.25, -0.2) is 14.6 Å². The quantitative estimate of drug-likeness (QED) is 0.643. The van der Waals surface area contributed by atoms with Crippen molar-refractivity contribution >= 4 is 40.4 Å². The maximum absolute atomic E-state index is 12.2. The van der Waals surface area contributed by atoms with Crippen molar-refractivity contribution in [2.24, 2.45) is 0 Å². The van der Waals surface area contributed by atoms with Gasteiger partial charge in [-0.1, -0.05) is 11.6 Å². The van der Waals surface area contributed by atoms with Gasteiger partial charge in [0.15, 0.2) is 6.10 Å². The van der Waals surface area contributed by atoms with E-state index in [1.165, 1.54) is 6.92 Å². The molecule has 2 N–H and O–H groups in total. The van der Waals surface area contributed by atoms with Crippen LogP contribution in [0.3, 0.4) is 0 Å². The highest BCUT2D eigenvalue weighted by molar-refractivity contribution is 6.29. The summed E-state index contributed by atoms with van der Waals surface area (Å²) in [6.07, 6.45) is 0.721. The highest BCUT2D eigenvalue weighted by atomic mass is 35.5. The van der Waals surface area contributed by atoms with Gasteiger partial charge in [-0.05, 0) is 50.1 Å². The van der Waals surface area contributed by atoms with Gasteiger partial charge < -0.3 is 10.1 Å². The number of nitrogens with one attached hydrogen (secondary N) is 2. The Balaban J connectivity index is 1.61. The van der Waals surface area contributed by atoms with E-state index in [2.05, 4.69) is 15.6 Å². The molecule has 1 saturated carbocycles. The lowest BCUT2D eigenvalue weighted by molar-refractivity contribution is -0.127. The molecule has 2 aromatic rings. The van der Waals surface area contributed by atoms with Crippen LogP contribution in [-0.2, 0) is 9.53 Å². The molecule has 1 atom stereocenters. The van der Waals surface area contributed by atoms with Crippen molar-refractivity contribution in [2.45, 2.75) is 31.9 Å². The van der Waals surface area contributed by atoms with Crippen molar-refractivity contribution in [3.05, 3.63) is 41.0 Å². The largest absolute Gasteiger partial charge is 0.449 e. The van der Waals surface area contributed by atoms with Gasteiger partial charge in [-0.15, -0.1) is 0 Å². The summed E-state index contributed by atoms with van der Waals surface area (Å²) in [6, 6.07) is 7.69. The average molecular weight is 362 g/mol. The first-order valence-electron chi connectivity index (χ1n) is 7.81. The molecule has 1 unspecified atom stereocenters. The van der Waals surface area contributed by atoms with Crippen LogP contribution < -0.4 is 10.6 Å². The van der Waals surface area contributed by atoms with E-state index in [4.69, 9.17) is 16.3 Å². The molecule has 7 nitrogen and oxygen atoms in total. The molecule has 1 aliphatic carbocycles. The summed E-state index contributed by atoms with van der Waals surface area (Å²) >= 11 is 5.82. The van der Waals surface area contributed by atoms with Crippen LogP contribution in [0.5, 0.6) is 0 Å². The standard InChI is InChI=1S/C17H16ClN3O4/c1-9(15(22)21-17(24)19-12-4-5-12)25-16(23)11-2-6-13-10(8-11)3-7-14(18)20-13/h2-3,6-9,12H,4-5H2,1H3,(H2,19,21,22,24). The summed E-state index contributed by atoms with van der Waals surface area (Å²) in [6.45, 7) is 1.40. The van der Waals surface area contributed by atoms with Gasteiger partial charge in [0, 0.05) is 11.4 Å². The summed E-state index contributed by atoms with van der Waals surface area (Å²) in [5.74, 6) is -1.34. The molecular weight excluding hydrogens is 346 g/mol. The first-order valence-corrected chi connectivity index (χ1v) is 8.19. The summed E-state index contributed by atoms with van der Waals surface area (Å²) in [7, 11) is 0. The molecule has 1 aromatic heterocycles. The van der Waals surface area contributed by atoms with Crippen molar-refractivity contribution in [2.75, 3.05) is 0 Å². The first-order chi connectivity index (χ1) is 11.9. The Kier molecular flexibility index (Phi) is 4.85. The Hall–Kier alpha value is -2.67. The number of esters is 1. The third-order valence-corrected chi connectivity index (χ3v) is 3.90. The van der Waals surface area contributed by atoms with Crippen molar-refractivity contribution in [1.82, 2.24) is 15.6 Å². The van der Waals surface area contributed by atoms with Crippen LogP contribution in [0.2, 0.25) is 5.15 Å². The van der Waals surface area contributed by atoms with E-state index in [1.807, 2.05) is 0 Å². The van der Waals surface area contributed by atoms with E-state index in [1.54, 1.807) is 30.3 Å². The minimum Gasteiger partial charge on any atom is -0.449 e. The molecule has 130 valence electrons. The number of halogens is 1. The predicted octanol–water partition coefficient (Wildman–Crippen LogP) is 2.42. The van der Waals surface area contributed by atoms with Gasteiger partial charge in [-0.3, -0.25) is 10.1 Å². The van der Waals surface area contributed by atoms with Crippen LogP contribution in [0, 0.1) is 0 Å². The second-order valence-corrected chi connectivity index (χ2v) is 6.21. The highest BCUT2D eigenvalue weighted by Crippen LogP contribution is 2.19. The number of carbonyl (C=O) groups is 3. The van der Waals surface area contributed by atoms with Gasteiger partial charge in [-0.2, -0.15) is 0 Å². The molecule has 3 amide bonds. The van der Waals surface area contributed by atoms with Crippen molar-refractivity contribution in [1.29, 1.82) is 0 Å². The second-order valence-electron chi connectivity index (χ2n) is 5.83. The summed E-state index contributed by atoms with van der Waals surface area (Å²) in [4.78, 5) is 39.8. The fourth-order valence-electron chi connectivity index (χ4n) is 2.17. The monoisotopic (exact) mass is 361 g/mol. The average Bonchev–Trinajstić information content (AvgIpc) is 3.37. The van der Waals surface area contributed by atoms with Crippen molar-refractivity contribution < 1.29 is 19.1 Å². The van der Waals surface area contributed by atoms with Gasteiger partial charge in [0.05, 0.1) is 11.1 Å². The Bertz CT molecular complexity index is 851. The number of imide groups is 1. The number of ether oxygens (including phenoxy) is 1. The number of amides is 3. The fraction of sp³-hybridized carbons (Fsp3) is 0.294. The normalized spacial score (nSPS) is 14.6. The van der Waals surface area contributed by atoms with E-state index in [-0.39, 0.29) is 11.6 Å². The number of rotatable bonds is 4. The van der Waals surface area contributed by atoms with Crippen LogP contribution in [0.4, 0.5) is 4.79 Å². The van der Waals surface area contributed by atoms with Crippen LogP contribution in [0.15, 0.2) is 30.3 Å². The first kappa shape index (κ1) is 17.2. The second kappa shape index (κ2) is 7.06. The summed E-state index contributed by atoms with van der Waals surface area (Å²) in [5.41, 5.74) is 0.922. The zero-order valence-electron chi connectivity index (χ0n) is 13.4. The molecule has 25 heavy (non-hydrogen) atoms. The maximum Gasteiger partial charge on any atom is 0.338 e. The number of carbonyl (C=O) groups excluding carboxylic acids is 3. The predicted molar refractivity (Wildman–Crippen MR) is 91.3 cm³/mol. The third kappa shape index (κ3) is 4.45. The molecule has 0 aliphatic heterocycles. The highest BCUT2D eigenvalue weighted by Gasteiger charge is 2.26. The number of hydrogen-bond donors (Lipinski definition) is 2. The van der Waals surface area contributed by atoms with Crippen molar-refractivity contribution in [3.63, 3.8) is 0 Å². The molecule has 0 saturated heterocycles. The lowest BCUT2D eigenvalue weighted by Gasteiger charge is -2.13. The lowest BCUT2D eigenvalue weighted by Crippen LogP contribution is -2.45. The minimum absolute atomic E-state index is 0.130. The molecular formula is C17H16ClN3O4. The topological polar surface area (TPSA) is 97.4 Å². The molecule has 1 aliphatic rings. The number of nitrogens with zero attached hydrogens (tertiary/aromatic N) is 1. The molecule has 1 heterocycles. The van der Waals surface area contributed by atoms with Gasteiger partial charge in [0.1, 0.15) is 5.15 Å². The van der Waals surface area contributed by atoms with E-state index in [9.17, 15) is 14.4 Å². The number of hydrogen-bond acceptors (Lipinski definition) is 5. The molecule has 0 radical (unpaired) electrons. The Morgan fingerprint density at radius 3 is 2.72 bits per heavy atom. The lowest BCUT2D eigenvalue weighted by atomic mass is 10.1. The van der Waals surface area contributed by atoms with Gasteiger partial charge >= 0.3 is 12.0 Å². The Labute approximate surface area is 148 Å². The molecule has 1 aromatic carbocycles. The number of pyridine rings is 1. The fourth-order valence-corrected chi connectivity index (χ4v) is 2.33.